The average molecular weight is 345 g/mol. The predicted octanol–water partition coefficient (Wildman–Crippen LogP) is 2.32. The maximum Gasteiger partial charge on any atom is 0.319 e. The van der Waals surface area contributed by atoms with Crippen LogP contribution in [0.25, 0.3) is 0 Å². The Morgan fingerprint density at radius 3 is 3.08 bits per heavy atom. The molecule has 1 unspecified atom stereocenters. The molecule has 7 heteroatoms. The number of urea groups is 1. The molecule has 3 N–H and O–H groups in total. The summed E-state index contributed by atoms with van der Waals surface area (Å²) < 4.78 is 18.7. The normalized spacial score (nSPS) is 15.8. The Labute approximate surface area is 145 Å². The van der Waals surface area contributed by atoms with Crippen molar-refractivity contribution >= 4 is 11.7 Å². The van der Waals surface area contributed by atoms with Crippen molar-refractivity contribution in [2.24, 2.45) is 0 Å². The first-order valence-electron chi connectivity index (χ1n) is 8.03. The van der Waals surface area contributed by atoms with Gasteiger partial charge in [-0.25, -0.2) is 9.18 Å². The molecule has 25 heavy (non-hydrogen) atoms. The van der Waals surface area contributed by atoms with Crippen molar-refractivity contribution in [3.63, 3.8) is 0 Å². The van der Waals surface area contributed by atoms with E-state index in [1.807, 2.05) is 6.07 Å². The van der Waals surface area contributed by atoms with Crippen LogP contribution in [0.4, 0.5) is 14.9 Å². The predicted molar refractivity (Wildman–Crippen MR) is 90.6 cm³/mol. The summed E-state index contributed by atoms with van der Waals surface area (Å²) in [5, 5.41) is 15.7. The number of nitrogens with zero attached hydrogens (tertiary/aromatic N) is 1. The molecule has 1 atom stereocenters. The third-order valence-corrected chi connectivity index (χ3v) is 4.10. The maximum atomic E-state index is 13.3. The van der Waals surface area contributed by atoms with Gasteiger partial charge in [-0.3, -0.25) is 4.98 Å². The summed E-state index contributed by atoms with van der Waals surface area (Å²) in [5.41, 5.74) is 1.48. The summed E-state index contributed by atoms with van der Waals surface area (Å²) in [4.78, 5) is 16.4. The quantitative estimate of drug-likeness (QED) is 0.794. The van der Waals surface area contributed by atoms with Gasteiger partial charge in [-0.15, -0.1) is 0 Å². The van der Waals surface area contributed by atoms with E-state index in [-0.39, 0.29) is 6.54 Å². The smallest absolute Gasteiger partial charge is 0.319 e. The highest BCUT2D eigenvalue weighted by atomic mass is 19.1. The van der Waals surface area contributed by atoms with Gasteiger partial charge in [-0.05, 0) is 30.7 Å². The minimum atomic E-state index is -1.39. The number of aromatic nitrogens is 1. The number of ether oxygens (including phenoxy) is 1. The summed E-state index contributed by atoms with van der Waals surface area (Å²) >= 11 is 0. The second kappa shape index (κ2) is 7.16. The Kier molecular flexibility index (Phi) is 4.96. The van der Waals surface area contributed by atoms with E-state index in [1.165, 1.54) is 25.1 Å². The summed E-state index contributed by atoms with van der Waals surface area (Å²) in [6.45, 7) is 2.58. The van der Waals surface area contributed by atoms with Gasteiger partial charge in [0, 0.05) is 17.7 Å². The molecule has 1 aliphatic rings. The fraction of sp³-hybridized carbons (Fsp3) is 0.333. The molecule has 1 aliphatic heterocycles. The number of pyridine rings is 1. The van der Waals surface area contributed by atoms with E-state index in [1.54, 1.807) is 12.3 Å². The van der Waals surface area contributed by atoms with Crippen molar-refractivity contribution in [1.82, 2.24) is 10.3 Å². The van der Waals surface area contributed by atoms with Gasteiger partial charge in [-0.1, -0.05) is 12.1 Å². The van der Waals surface area contributed by atoms with E-state index in [0.29, 0.717) is 24.5 Å². The van der Waals surface area contributed by atoms with Crippen molar-refractivity contribution in [1.29, 1.82) is 0 Å². The first kappa shape index (κ1) is 17.3. The van der Waals surface area contributed by atoms with E-state index in [4.69, 9.17) is 4.74 Å². The lowest BCUT2D eigenvalue weighted by molar-refractivity contribution is 0.0596. The van der Waals surface area contributed by atoms with Crippen LogP contribution >= 0.6 is 0 Å². The summed E-state index contributed by atoms with van der Waals surface area (Å²) in [6, 6.07) is 7.01. The molecule has 0 fully saturated rings. The molecule has 3 rings (SSSR count). The molecule has 6 nitrogen and oxygen atoms in total. The number of halogens is 1. The molecule has 2 amide bonds. The highest BCUT2D eigenvalue weighted by molar-refractivity contribution is 5.89. The first-order chi connectivity index (χ1) is 11.9. The highest BCUT2D eigenvalue weighted by Crippen LogP contribution is 2.21. The molecule has 0 saturated heterocycles. The molecule has 2 heterocycles. The second-order valence-corrected chi connectivity index (χ2v) is 6.22. The molecule has 0 spiro atoms. The van der Waals surface area contributed by atoms with E-state index >= 15 is 0 Å². The minimum Gasteiger partial charge on any atom is -0.384 e. The highest BCUT2D eigenvalue weighted by Gasteiger charge is 2.24. The molecule has 2 aromatic rings. The van der Waals surface area contributed by atoms with Crippen LogP contribution in [0, 0.1) is 5.82 Å². The van der Waals surface area contributed by atoms with Crippen molar-refractivity contribution in [3.8, 4) is 0 Å². The van der Waals surface area contributed by atoms with Gasteiger partial charge in [0.15, 0.2) is 0 Å². The van der Waals surface area contributed by atoms with Gasteiger partial charge in [-0.2, -0.15) is 0 Å². The van der Waals surface area contributed by atoms with Crippen LogP contribution in [0.5, 0.6) is 0 Å². The fourth-order valence-electron chi connectivity index (χ4n) is 2.66. The second-order valence-electron chi connectivity index (χ2n) is 6.22. The number of carbonyl (C=O) groups is 1. The Morgan fingerprint density at radius 2 is 2.28 bits per heavy atom. The Balaban J connectivity index is 1.59. The van der Waals surface area contributed by atoms with Crippen molar-refractivity contribution in [2.45, 2.75) is 25.6 Å². The largest absolute Gasteiger partial charge is 0.384 e. The summed E-state index contributed by atoms with van der Waals surface area (Å²) in [5.74, 6) is -0.440. The number of amides is 2. The fourth-order valence-corrected chi connectivity index (χ4v) is 2.66. The van der Waals surface area contributed by atoms with Crippen LogP contribution in [0.3, 0.4) is 0 Å². The third-order valence-electron chi connectivity index (χ3n) is 4.10. The van der Waals surface area contributed by atoms with Crippen LogP contribution in [0.1, 0.15) is 23.7 Å². The average Bonchev–Trinajstić information content (AvgIpc) is 2.60. The molecule has 1 aromatic carbocycles. The third kappa shape index (κ3) is 4.32. The molecule has 0 radical (unpaired) electrons. The van der Waals surface area contributed by atoms with Crippen LogP contribution in [0.15, 0.2) is 36.5 Å². The van der Waals surface area contributed by atoms with Crippen LogP contribution in [-0.2, 0) is 23.4 Å². The van der Waals surface area contributed by atoms with Crippen molar-refractivity contribution < 1.29 is 19.0 Å². The number of hydrogen-bond donors (Lipinski definition) is 3. The monoisotopic (exact) mass is 345 g/mol. The number of hydrogen-bond acceptors (Lipinski definition) is 4. The molecule has 132 valence electrons. The molecular formula is C18H20FN3O3. The van der Waals surface area contributed by atoms with Crippen LogP contribution in [-0.4, -0.2) is 29.3 Å². The Bertz CT molecular complexity index is 780. The van der Waals surface area contributed by atoms with Crippen molar-refractivity contribution in [2.75, 3.05) is 18.5 Å². The SMILES string of the molecule is CC(O)(CNC(=O)Nc1cnc2c(c1)COCC2)c1cccc(F)c1. The number of aliphatic hydroxyl groups is 1. The number of rotatable bonds is 4. The number of nitrogens with one attached hydrogen (secondary N) is 2. The Hall–Kier alpha value is -2.51. The zero-order chi connectivity index (χ0) is 17.9. The van der Waals surface area contributed by atoms with E-state index in [2.05, 4.69) is 15.6 Å². The number of carbonyl (C=O) groups excluding carboxylic acids is 1. The number of benzene rings is 1. The summed E-state index contributed by atoms with van der Waals surface area (Å²) in [6.07, 6.45) is 2.35. The number of anilines is 1. The minimum absolute atomic E-state index is 0.0657. The van der Waals surface area contributed by atoms with Gasteiger partial charge < -0.3 is 20.5 Å². The van der Waals surface area contributed by atoms with E-state index < -0.39 is 17.4 Å². The van der Waals surface area contributed by atoms with Gasteiger partial charge in [0.1, 0.15) is 11.4 Å². The Morgan fingerprint density at radius 1 is 1.44 bits per heavy atom. The van der Waals surface area contributed by atoms with E-state index in [0.717, 1.165) is 17.7 Å². The number of fused-ring (bicyclic) bond motifs is 1. The lowest BCUT2D eigenvalue weighted by Gasteiger charge is -2.24. The van der Waals surface area contributed by atoms with Gasteiger partial charge in [0.25, 0.3) is 0 Å². The molecule has 1 aromatic heterocycles. The van der Waals surface area contributed by atoms with Gasteiger partial charge in [0.2, 0.25) is 0 Å². The zero-order valence-electron chi connectivity index (χ0n) is 13.9. The first-order valence-corrected chi connectivity index (χ1v) is 8.03. The standard InChI is InChI=1S/C18H20FN3O3/c1-18(24,13-3-2-4-14(19)8-13)11-21-17(23)22-15-7-12-10-25-6-5-16(12)20-9-15/h2-4,7-9,24H,5-6,10-11H2,1H3,(H2,21,22,23). The molecular weight excluding hydrogens is 325 g/mol. The molecule has 0 bridgehead atoms. The van der Waals surface area contributed by atoms with Crippen molar-refractivity contribution in [3.05, 3.63) is 59.2 Å². The van der Waals surface area contributed by atoms with E-state index in [9.17, 15) is 14.3 Å². The summed E-state index contributed by atoms with van der Waals surface area (Å²) in [7, 11) is 0. The molecule has 0 saturated carbocycles. The zero-order valence-corrected chi connectivity index (χ0v) is 13.9. The lowest BCUT2D eigenvalue weighted by Crippen LogP contribution is -2.40. The topological polar surface area (TPSA) is 83.5 Å². The molecule has 0 aliphatic carbocycles. The van der Waals surface area contributed by atoms with Gasteiger partial charge >= 0.3 is 6.03 Å². The lowest BCUT2D eigenvalue weighted by atomic mass is 9.96. The van der Waals surface area contributed by atoms with Crippen LogP contribution in [0.2, 0.25) is 0 Å². The maximum absolute atomic E-state index is 13.3. The van der Waals surface area contributed by atoms with Gasteiger partial charge in [0.05, 0.1) is 31.6 Å². The van der Waals surface area contributed by atoms with Crippen LogP contribution < -0.4 is 10.6 Å².